The third-order valence-electron chi connectivity index (χ3n) is 2.24. The number of carbonyl (C=O) groups excluding carboxylic acids is 2. The Morgan fingerprint density at radius 3 is 2.94 bits per heavy atom. The zero-order valence-electron chi connectivity index (χ0n) is 8.76. The van der Waals surface area contributed by atoms with Gasteiger partial charge in [-0.25, -0.2) is 4.79 Å². The van der Waals surface area contributed by atoms with Gasteiger partial charge in [-0.05, 0) is 24.6 Å². The van der Waals surface area contributed by atoms with Gasteiger partial charge in [-0.2, -0.15) is 0 Å². The molecule has 0 spiro atoms. The van der Waals surface area contributed by atoms with Gasteiger partial charge in [-0.1, -0.05) is 16.9 Å². The lowest BCUT2D eigenvalue weighted by atomic mass is 10.0. The average molecular weight is 239 g/mol. The van der Waals surface area contributed by atoms with E-state index >= 15 is 0 Å². The van der Waals surface area contributed by atoms with E-state index in [9.17, 15) is 9.59 Å². The Kier molecular flexibility index (Phi) is 2.86. The van der Waals surface area contributed by atoms with E-state index in [1.807, 2.05) is 0 Å². The molecule has 2 aliphatic heterocycles. The maximum atomic E-state index is 11.6. The Morgan fingerprint density at radius 2 is 2.31 bits per heavy atom. The van der Waals surface area contributed by atoms with E-state index in [1.165, 1.54) is 0 Å². The first-order valence-corrected chi connectivity index (χ1v) is 5.55. The molecule has 2 rings (SSSR count). The van der Waals surface area contributed by atoms with E-state index < -0.39 is 11.9 Å². The third kappa shape index (κ3) is 1.67. The third-order valence-corrected chi connectivity index (χ3v) is 3.46. The number of hydrogen-bond acceptors (Lipinski definition) is 6. The van der Waals surface area contributed by atoms with Crippen molar-refractivity contribution in [3.8, 4) is 0 Å². The van der Waals surface area contributed by atoms with Gasteiger partial charge in [0, 0.05) is 0 Å². The first kappa shape index (κ1) is 11.0. The van der Waals surface area contributed by atoms with Gasteiger partial charge in [0.05, 0.1) is 11.5 Å². The number of amides is 1. The van der Waals surface area contributed by atoms with Crippen LogP contribution in [-0.4, -0.2) is 23.5 Å². The molecule has 1 amide bonds. The summed E-state index contributed by atoms with van der Waals surface area (Å²) in [5.41, 5.74) is 0.644. The fourth-order valence-corrected chi connectivity index (χ4v) is 2.60. The van der Waals surface area contributed by atoms with Crippen molar-refractivity contribution in [2.75, 3.05) is 6.61 Å². The van der Waals surface area contributed by atoms with Gasteiger partial charge in [0.1, 0.15) is 11.0 Å². The Labute approximate surface area is 95.8 Å². The minimum absolute atomic E-state index is 0.302. The van der Waals surface area contributed by atoms with Crippen LogP contribution in [0.2, 0.25) is 0 Å². The summed E-state index contributed by atoms with van der Waals surface area (Å²) in [4.78, 5) is 23.5. The second-order valence-corrected chi connectivity index (χ2v) is 4.26. The predicted octanol–water partition coefficient (Wildman–Crippen LogP) is 1.49. The minimum atomic E-state index is -0.540. The monoisotopic (exact) mass is 239 g/mol. The van der Waals surface area contributed by atoms with E-state index in [-0.39, 0.29) is 5.91 Å². The molecule has 0 aromatic rings. The van der Waals surface area contributed by atoms with E-state index in [0.29, 0.717) is 22.1 Å². The molecule has 0 bridgehead atoms. The molecule has 0 saturated carbocycles. The largest absolute Gasteiger partial charge is 0.462 e. The molecule has 0 saturated heterocycles. The molecular weight excluding hydrogens is 230 g/mol. The lowest BCUT2D eigenvalue weighted by Gasteiger charge is -2.07. The van der Waals surface area contributed by atoms with Gasteiger partial charge < -0.3 is 4.74 Å². The van der Waals surface area contributed by atoms with Crippen LogP contribution in [0.5, 0.6) is 0 Å². The van der Waals surface area contributed by atoms with Crippen LogP contribution in [0.3, 0.4) is 0 Å². The molecule has 2 heterocycles. The maximum Gasteiger partial charge on any atom is 0.344 e. The van der Waals surface area contributed by atoms with Crippen molar-refractivity contribution in [3.05, 3.63) is 10.5 Å². The summed E-state index contributed by atoms with van der Waals surface area (Å²) in [6.07, 6.45) is 0. The molecule has 7 heteroatoms. The summed E-state index contributed by atoms with van der Waals surface area (Å²) in [6, 6.07) is 0. The lowest BCUT2D eigenvalue weighted by molar-refractivity contribution is -0.137. The second-order valence-electron chi connectivity index (χ2n) is 3.23. The Hall–Kier alpha value is -1.50. The van der Waals surface area contributed by atoms with Crippen molar-refractivity contribution in [1.82, 2.24) is 0 Å². The molecule has 0 fully saturated rings. The number of fused-ring (bicyclic) bond motifs is 1. The SMILES string of the molecule is CCOC(=O)C1=C(C)C2C(=O)N=NN=C2S1. The number of hydrogen-bond donors (Lipinski definition) is 0. The summed E-state index contributed by atoms with van der Waals surface area (Å²) < 4.78 is 4.89. The van der Waals surface area contributed by atoms with Gasteiger partial charge in [-0.3, -0.25) is 4.79 Å². The number of esters is 1. The van der Waals surface area contributed by atoms with Crippen LogP contribution >= 0.6 is 11.8 Å². The summed E-state index contributed by atoms with van der Waals surface area (Å²) in [7, 11) is 0. The van der Waals surface area contributed by atoms with Gasteiger partial charge in [0.25, 0.3) is 5.91 Å². The van der Waals surface area contributed by atoms with Crippen LogP contribution in [0.1, 0.15) is 13.8 Å². The molecule has 1 atom stereocenters. The maximum absolute atomic E-state index is 11.6. The fourth-order valence-electron chi connectivity index (χ4n) is 1.50. The Balaban J connectivity index is 2.30. The first-order valence-electron chi connectivity index (χ1n) is 4.73. The highest BCUT2D eigenvalue weighted by atomic mass is 32.2. The predicted molar refractivity (Wildman–Crippen MR) is 57.7 cm³/mol. The van der Waals surface area contributed by atoms with Crippen molar-refractivity contribution in [1.29, 1.82) is 0 Å². The second kappa shape index (κ2) is 4.17. The van der Waals surface area contributed by atoms with Crippen LogP contribution in [0, 0.1) is 5.92 Å². The van der Waals surface area contributed by atoms with Crippen LogP contribution in [0.25, 0.3) is 0 Å². The van der Waals surface area contributed by atoms with E-state index in [4.69, 9.17) is 4.74 Å². The summed E-state index contributed by atoms with van der Waals surface area (Å²) in [5, 5.41) is 11.0. The molecular formula is C9H9N3O3S. The van der Waals surface area contributed by atoms with Crippen molar-refractivity contribution in [2.24, 2.45) is 21.4 Å². The smallest absolute Gasteiger partial charge is 0.344 e. The Bertz CT molecular complexity index is 453. The molecule has 0 aromatic carbocycles. The highest BCUT2D eigenvalue weighted by Gasteiger charge is 2.40. The molecule has 16 heavy (non-hydrogen) atoms. The summed E-state index contributed by atoms with van der Waals surface area (Å²) in [5.74, 6) is -1.34. The number of ether oxygens (including phenoxy) is 1. The molecule has 0 aromatic heterocycles. The van der Waals surface area contributed by atoms with Crippen LogP contribution in [0.4, 0.5) is 0 Å². The molecule has 0 N–H and O–H groups in total. The minimum Gasteiger partial charge on any atom is -0.462 e. The molecule has 6 nitrogen and oxygen atoms in total. The van der Waals surface area contributed by atoms with Crippen LogP contribution in [0.15, 0.2) is 25.9 Å². The van der Waals surface area contributed by atoms with Crippen molar-refractivity contribution >= 4 is 28.7 Å². The van der Waals surface area contributed by atoms with Crippen molar-refractivity contribution < 1.29 is 14.3 Å². The highest BCUT2D eigenvalue weighted by Crippen LogP contribution is 2.40. The van der Waals surface area contributed by atoms with E-state index in [2.05, 4.69) is 15.4 Å². The normalized spacial score (nSPS) is 23.2. The Morgan fingerprint density at radius 1 is 1.56 bits per heavy atom. The fraction of sp³-hybridized carbons (Fsp3) is 0.444. The highest BCUT2D eigenvalue weighted by molar-refractivity contribution is 8.18. The van der Waals surface area contributed by atoms with Crippen molar-refractivity contribution in [2.45, 2.75) is 13.8 Å². The van der Waals surface area contributed by atoms with Gasteiger partial charge >= 0.3 is 5.97 Å². The van der Waals surface area contributed by atoms with Crippen molar-refractivity contribution in [3.63, 3.8) is 0 Å². The molecule has 2 aliphatic rings. The van der Waals surface area contributed by atoms with Gasteiger partial charge in [0.2, 0.25) is 0 Å². The average Bonchev–Trinajstić information content (AvgIpc) is 2.58. The number of thioether (sulfide) groups is 1. The topological polar surface area (TPSA) is 80.5 Å². The zero-order valence-corrected chi connectivity index (χ0v) is 9.58. The first-order chi connectivity index (χ1) is 7.65. The standard InChI is InChI=1S/C9H9N3O3S/c1-3-15-9(14)6-4(2)5-7(13)10-12-11-8(5)16-6/h5H,3H2,1-2H3. The van der Waals surface area contributed by atoms with Crippen LogP contribution in [-0.2, 0) is 14.3 Å². The number of carbonyl (C=O) groups is 2. The molecule has 0 radical (unpaired) electrons. The van der Waals surface area contributed by atoms with E-state index in [1.54, 1.807) is 13.8 Å². The quantitative estimate of drug-likeness (QED) is 0.684. The molecule has 0 aliphatic carbocycles. The zero-order chi connectivity index (χ0) is 11.7. The van der Waals surface area contributed by atoms with E-state index in [0.717, 1.165) is 11.8 Å². The van der Waals surface area contributed by atoms with Gasteiger partial charge in [0.15, 0.2) is 0 Å². The summed E-state index contributed by atoms with van der Waals surface area (Å²) in [6.45, 7) is 3.75. The number of nitrogens with zero attached hydrogens (tertiary/aromatic N) is 3. The van der Waals surface area contributed by atoms with Crippen LogP contribution < -0.4 is 0 Å². The van der Waals surface area contributed by atoms with Gasteiger partial charge in [-0.15, -0.1) is 5.10 Å². The molecule has 84 valence electrons. The number of rotatable bonds is 2. The molecule has 1 unspecified atom stereocenters. The summed E-state index contributed by atoms with van der Waals surface area (Å²) >= 11 is 1.13. The lowest BCUT2D eigenvalue weighted by Crippen LogP contribution is -2.19.